The van der Waals surface area contributed by atoms with Crippen molar-refractivity contribution in [2.45, 2.75) is 38.1 Å². The Labute approximate surface area is 106 Å². The van der Waals surface area contributed by atoms with Gasteiger partial charge in [-0.2, -0.15) is 0 Å². The molecule has 2 nitrogen and oxygen atoms in total. The Bertz CT molecular complexity index is 542. The number of rotatable bonds is 2. The second-order valence-electron chi connectivity index (χ2n) is 5.23. The predicted octanol–water partition coefficient (Wildman–Crippen LogP) is 4.15. The van der Waals surface area contributed by atoms with Gasteiger partial charge in [0.15, 0.2) is 11.4 Å². The molecule has 1 aliphatic rings. The molecular weight excluding hydrogens is 229 g/mol. The molecule has 1 fully saturated rings. The van der Waals surface area contributed by atoms with Crippen molar-refractivity contribution in [2.75, 3.05) is 0 Å². The molecule has 0 spiro atoms. The van der Waals surface area contributed by atoms with Crippen LogP contribution in [0, 0.1) is 11.7 Å². The number of benzene rings is 1. The van der Waals surface area contributed by atoms with Crippen LogP contribution in [0.3, 0.4) is 0 Å². The third-order valence-electron chi connectivity index (χ3n) is 4.00. The molecule has 0 aliphatic heterocycles. The molecule has 0 radical (unpaired) electrons. The van der Waals surface area contributed by atoms with E-state index in [1.807, 2.05) is 12.1 Å². The van der Waals surface area contributed by atoms with Gasteiger partial charge in [0, 0.05) is 5.39 Å². The Balaban J connectivity index is 1.91. The van der Waals surface area contributed by atoms with Crippen molar-refractivity contribution in [2.24, 2.45) is 11.7 Å². The molecule has 2 N–H and O–H groups in total. The van der Waals surface area contributed by atoms with Crippen LogP contribution in [-0.2, 0) is 0 Å². The fraction of sp³-hybridized carbons (Fsp3) is 0.467. The number of nitrogens with two attached hydrogens (primary N) is 1. The van der Waals surface area contributed by atoms with Crippen LogP contribution in [0.2, 0.25) is 0 Å². The van der Waals surface area contributed by atoms with Crippen molar-refractivity contribution in [3.63, 3.8) is 0 Å². The monoisotopic (exact) mass is 247 g/mol. The Morgan fingerprint density at radius 2 is 2.00 bits per heavy atom. The smallest absolute Gasteiger partial charge is 0.169 e. The molecule has 2 aromatic rings. The van der Waals surface area contributed by atoms with Crippen LogP contribution in [0.25, 0.3) is 11.0 Å². The van der Waals surface area contributed by atoms with Crippen molar-refractivity contribution in [1.82, 2.24) is 0 Å². The minimum Gasteiger partial charge on any atom is -0.456 e. The van der Waals surface area contributed by atoms with Crippen LogP contribution >= 0.6 is 0 Å². The van der Waals surface area contributed by atoms with Crippen LogP contribution in [-0.4, -0.2) is 0 Å². The van der Waals surface area contributed by atoms with Crippen molar-refractivity contribution in [3.05, 3.63) is 35.8 Å². The molecule has 0 bridgehead atoms. The normalized spacial score (nSPS) is 19.2. The van der Waals surface area contributed by atoms with E-state index in [2.05, 4.69) is 0 Å². The number of hydrogen-bond acceptors (Lipinski definition) is 2. The zero-order chi connectivity index (χ0) is 12.5. The van der Waals surface area contributed by atoms with E-state index in [1.165, 1.54) is 25.3 Å². The van der Waals surface area contributed by atoms with Crippen molar-refractivity contribution in [3.8, 4) is 0 Å². The molecular formula is C15H18FNO. The highest BCUT2D eigenvalue weighted by Gasteiger charge is 2.24. The summed E-state index contributed by atoms with van der Waals surface area (Å²) in [4.78, 5) is 0. The van der Waals surface area contributed by atoms with Crippen molar-refractivity contribution < 1.29 is 8.81 Å². The highest BCUT2D eigenvalue weighted by Crippen LogP contribution is 2.35. The van der Waals surface area contributed by atoms with Gasteiger partial charge in [-0.3, -0.25) is 0 Å². The highest BCUT2D eigenvalue weighted by molar-refractivity contribution is 5.78. The molecule has 0 amide bonds. The Morgan fingerprint density at radius 3 is 2.72 bits per heavy atom. The van der Waals surface area contributed by atoms with E-state index in [-0.39, 0.29) is 11.9 Å². The summed E-state index contributed by atoms with van der Waals surface area (Å²) in [6, 6.07) is 6.76. The number of hydrogen-bond donors (Lipinski definition) is 1. The van der Waals surface area contributed by atoms with Crippen molar-refractivity contribution >= 4 is 11.0 Å². The molecule has 0 saturated heterocycles. The van der Waals surface area contributed by atoms with Gasteiger partial charge in [0.05, 0.1) is 6.04 Å². The number of para-hydroxylation sites is 1. The molecule has 1 atom stereocenters. The van der Waals surface area contributed by atoms with Crippen molar-refractivity contribution in [1.29, 1.82) is 0 Å². The van der Waals surface area contributed by atoms with Crippen LogP contribution in [0.5, 0.6) is 0 Å². The fourth-order valence-corrected chi connectivity index (χ4v) is 2.94. The number of halogens is 1. The molecule has 1 aliphatic carbocycles. The minimum absolute atomic E-state index is 0.0999. The lowest BCUT2D eigenvalue weighted by Gasteiger charge is -2.25. The average Bonchev–Trinajstić information content (AvgIpc) is 2.84. The molecule has 1 aromatic heterocycles. The molecule has 96 valence electrons. The fourth-order valence-electron chi connectivity index (χ4n) is 2.94. The first-order chi connectivity index (χ1) is 8.75. The summed E-state index contributed by atoms with van der Waals surface area (Å²) in [6.07, 6.45) is 6.10. The second kappa shape index (κ2) is 4.73. The molecule has 3 heteroatoms. The van der Waals surface area contributed by atoms with E-state index in [4.69, 9.17) is 10.2 Å². The summed E-state index contributed by atoms with van der Waals surface area (Å²) in [5, 5.41) is 0.802. The number of fused-ring (bicyclic) bond motifs is 1. The molecule has 1 aromatic carbocycles. The summed E-state index contributed by atoms with van der Waals surface area (Å²) in [6.45, 7) is 0. The predicted molar refractivity (Wildman–Crippen MR) is 69.7 cm³/mol. The standard InChI is InChI=1S/C15H18FNO/c16-12-8-4-7-11-9-13(18-15(11)12)14(17)10-5-2-1-3-6-10/h4,7-10,14H,1-3,5-6,17H2. The van der Waals surface area contributed by atoms with E-state index < -0.39 is 0 Å². The third kappa shape index (κ3) is 2.03. The topological polar surface area (TPSA) is 39.2 Å². The van der Waals surface area contributed by atoms with Gasteiger partial charge in [-0.25, -0.2) is 4.39 Å². The highest BCUT2D eigenvalue weighted by atomic mass is 19.1. The lowest BCUT2D eigenvalue weighted by atomic mass is 9.83. The molecule has 1 saturated carbocycles. The van der Waals surface area contributed by atoms with E-state index >= 15 is 0 Å². The molecule has 1 heterocycles. The SMILES string of the molecule is NC(c1cc2cccc(F)c2o1)C1CCCCC1. The van der Waals surface area contributed by atoms with E-state index in [1.54, 1.807) is 6.07 Å². The maximum Gasteiger partial charge on any atom is 0.169 e. The van der Waals surface area contributed by atoms with Gasteiger partial charge in [0.25, 0.3) is 0 Å². The molecule has 1 unspecified atom stereocenters. The largest absolute Gasteiger partial charge is 0.456 e. The summed E-state index contributed by atoms with van der Waals surface area (Å²) in [5.74, 6) is 0.888. The first-order valence-electron chi connectivity index (χ1n) is 6.69. The quantitative estimate of drug-likeness (QED) is 0.865. The van der Waals surface area contributed by atoms with Gasteiger partial charge >= 0.3 is 0 Å². The van der Waals surface area contributed by atoms with Gasteiger partial charge in [-0.1, -0.05) is 31.4 Å². The zero-order valence-electron chi connectivity index (χ0n) is 10.4. The summed E-state index contributed by atoms with van der Waals surface area (Å²) >= 11 is 0. The van der Waals surface area contributed by atoms with Crippen LogP contribution in [0.1, 0.15) is 43.9 Å². The van der Waals surface area contributed by atoms with E-state index in [0.717, 1.165) is 24.0 Å². The zero-order valence-corrected chi connectivity index (χ0v) is 10.4. The van der Waals surface area contributed by atoms with Gasteiger partial charge < -0.3 is 10.2 Å². The Morgan fingerprint density at radius 1 is 1.22 bits per heavy atom. The first kappa shape index (κ1) is 11.7. The van der Waals surface area contributed by atoms with Crippen LogP contribution in [0.15, 0.2) is 28.7 Å². The Kier molecular flexibility index (Phi) is 3.08. The lowest BCUT2D eigenvalue weighted by Crippen LogP contribution is -2.22. The van der Waals surface area contributed by atoms with Gasteiger partial charge in [-0.05, 0) is 30.9 Å². The average molecular weight is 247 g/mol. The van der Waals surface area contributed by atoms with Gasteiger partial charge in [0.1, 0.15) is 5.76 Å². The molecule has 3 rings (SSSR count). The van der Waals surface area contributed by atoms with Gasteiger partial charge in [-0.15, -0.1) is 0 Å². The number of furan rings is 1. The summed E-state index contributed by atoms with van der Waals surface area (Å²) in [5.41, 5.74) is 6.60. The summed E-state index contributed by atoms with van der Waals surface area (Å²) in [7, 11) is 0. The minimum atomic E-state index is -0.311. The molecule has 18 heavy (non-hydrogen) atoms. The van der Waals surface area contributed by atoms with E-state index in [9.17, 15) is 4.39 Å². The second-order valence-corrected chi connectivity index (χ2v) is 5.23. The van der Waals surface area contributed by atoms with E-state index in [0.29, 0.717) is 11.5 Å². The Hall–Kier alpha value is -1.35. The van der Waals surface area contributed by atoms with Crippen LogP contribution < -0.4 is 5.73 Å². The third-order valence-corrected chi connectivity index (χ3v) is 4.00. The summed E-state index contributed by atoms with van der Waals surface area (Å²) < 4.78 is 19.2. The van der Waals surface area contributed by atoms with Gasteiger partial charge in [0.2, 0.25) is 0 Å². The van der Waals surface area contributed by atoms with Crippen LogP contribution in [0.4, 0.5) is 4.39 Å². The maximum absolute atomic E-state index is 13.6. The lowest BCUT2D eigenvalue weighted by molar-refractivity contribution is 0.283. The first-order valence-corrected chi connectivity index (χ1v) is 6.69. The maximum atomic E-state index is 13.6.